The first-order valence-corrected chi connectivity index (χ1v) is 13.8. The van der Waals surface area contributed by atoms with Crippen LogP contribution in [0.25, 0.3) is 11.0 Å². The molecule has 1 atom stereocenters. The maximum absolute atomic E-state index is 14.8. The minimum Gasteiger partial charge on any atom is -0.493 e. The first-order valence-electron chi connectivity index (χ1n) is 13.8. The quantitative estimate of drug-likeness (QED) is 0.232. The molecule has 3 aromatic rings. The van der Waals surface area contributed by atoms with Crippen molar-refractivity contribution in [3.8, 4) is 11.5 Å². The summed E-state index contributed by atoms with van der Waals surface area (Å²) in [6, 6.07) is 6.50. The van der Waals surface area contributed by atoms with E-state index in [-0.39, 0.29) is 70.8 Å². The van der Waals surface area contributed by atoms with Crippen LogP contribution in [0.4, 0.5) is 22.0 Å². The number of ether oxygens (including phenoxy) is 2. The molecule has 2 amide bonds. The number of carbonyl (C=O) groups is 2. The molecule has 0 radical (unpaired) electrons. The molecule has 1 unspecified atom stereocenters. The van der Waals surface area contributed by atoms with E-state index in [9.17, 15) is 31.5 Å². The zero-order chi connectivity index (χ0) is 32.0. The molecule has 0 aliphatic carbocycles. The molecule has 0 saturated heterocycles. The van der Waals surface area contributed by atoms with Gasteiger partial charge in [0.1, 0.15) is 0 Å². The minimum atomic E-state index is -4.73. The van der Waals surface area contributed by atoms with Crippen LogP contribution in [0, 0.1) is 23.0 Å². The Morgan fingerprint density at radius 1 is 1.07 bits per heavy atom. The van der Waals surface area contributed by atoms with Gasteiger partial charge in [0.05, 0.1) is 30.6 Å². The van der Waals surface area contributed by atoms with E-state index >= 15 is 0 Å². The number of fused-ring (bicyclic) bond motifs is 1. The minimum absolute atomic E-state index is 0.0133. The summed E-state index contributed by atoms with van der Waals surface area (Å²) < 4.78 is 85.5. The van der Waals surface area contributed by atoms with E-state index in [0.29, 0.717) is 18.4 Å². The standard InChI is InChI=1S/C30H29F5N4O5/c1-15-13-22(40)36-37-25(15)17-8-9-19(24(32)23(17)31)43-12-6-5-11-39-28(41)29(2,3)27(38-39)16-7-10-20(42-4)26-18(16)14-21(44-26)30(33,34)35/h7-10,14-15H,5-6,11-13H2,1-4H3,(H,36,40). The highest BCUT2D eigenvalue weighted by molar-refractivity contribution is 6.23. The molecule has 0 spiro atoms. The smallest absolute Gasteiger partial charge is 0.449 e. The molecular weight excluding hydrogens is 591 g/mol. The van der Waals surface area contributed by atoms with Crippen molar-refractivity contribution in [2.75, 3.05) is 20.3 Å². The van der Waals surface area contributed by atoms with Crippen LogP contribution < -0.4 is 14.9 Å². The molecule has 0 bridgehead atoms. The Morgan fingerprint density at radius 2 is 1.77 bits per heavy atom. The van der Waals surface area contributed by atoms with Crippen LogP contribution in [0.15, 0.2) is 45.0 Å². The lowest BCUT2D eigenvalue weighted by Gasteiger charge is -2.20. The number of methoxy groups -OCH3 is 1. The number of hydrogen-bond donors (Lipinski definition) is 1. The number of hydrazone groups is 2. The summed E-state index contributed by atoms with van der Waals surface area (Å²) in [5.74, 6) is -4.75. The Hall–Kier alpha value is -4.49. The molecule has 1 N–H and O–H groups in total. The van der Waals surface area contributed by atoms with E-state index in [1.165, 1.54) is 30.3 Å². The van der Waals surface area contributed by atoms with Crippen LogP contribution >= 0.6 is 0 Å². The first-order chi connectivity index (χ1) is 20.7. The molecule has 1 aromatic heterocycles. The van der Waals surface area contributed by atoms with Gasteiger partial charge < -0.3 is 13.9 Å². The van der Waals surface area contributed by atoms with Crippen molar-refractivity contribution in [1.82, 2.24) is 10.4 Å². The summed E-state index contributed by atoms with van der Waals surface area (Å²) >= 11 is 0. The third-order valence-electron chi connectivity index (χ3n) is 7.59. The Morgan fingerprint density at radius 3 is 2.45 bits per heavy atom. The average Bonchev–Trinajstić information content (AvgIpc) is 3.51. The molecule has 0 saturated carbocycles. The molecule has 14 heteroatoms. The van der Waals surface area contributed by atoms with Crippen LogP contribution in [-0.4, -0.2) is 48.5 Å². The van der Waals surface area contributed by atoms with Gasteiger partial charge in [0.2, 0.25) is 17.5 Å². The summed E-state index contributed by atoms with van der Waals surface area (Å²) in [5.41, 5.74) is 1.76. The second-order valence-corrected chi connectivity index (χ2v) is 11.1. The van der Waals surface area contributed by atoms with E-state index in [1.54, 1.807) is 26.8 Å². The number of hydrogen-bond acceptors (Lipinski definition) is 7. The van der Waals surface area contributed by atoms with Crippen LogP contribution in [-0.2, 0) is 15.8 Å². The number of carbonyl (C=O) groups excluding carboxylic acids is 2. The van der Waals surface area contributed by atoms with Gasteiger partial charge in [-0.2, -0.15) is 27.8 Å². The third-order valence-corrected chi connectivity index (χ3v) is 7.59. The fourth-order valence-corrected chi connectivity index (χ4v) is 5.23. The topological polar surface area (TPSA) is 106 Å². The number of nitrogens with one attached hydrogen (secondary N) is 1. The van der Waals surface area contributed by atoms with Gasteiger partial charge in [0, 0.05) is 35.4 Å². The Kier molecular flexibility index (Phi) is 8.12. The SMILES string of the molecule is COc1ccc(C2=NN(CCCCOc3ccc(C4=NNC(=O)CC4C)c(F)c3F)C(=O)C2(C)C)c2cc(C(F)(F)F)oc12. The highest BCUT2D eigenvalue weighted by atomic mass is 19.4. The molecular formula is C30H29F5N4O5. The van der Waals surface area contributed by atoms with Crippen LogP contribution in [0.2, 0.25) is 0 Å². The van der Waals surface area contributed by atoms with Crippen molar-refractivity contribution in [1.29, 1.82) is 0 Å². The number of halogens is 5. The van der Waals surface area contributed by atoms with E-state index in [2.05, 4.69) is 15.6 Å². The van der Waals surface area contributed by atoms with Gasteiger partial charge in [0.15, 0.2) is 22.9 Å². The van der Waals surface area contributed by atoms with Crippen molar-refractivity contribution in [3.05, 3.63) is 58.9 Å². The lowest BCUT2D eigenvalue weighted by molar-refractivity contribution is -0.152. The lowest BCUT2D eigenvalue weighted by Crippen LogP contribution is -2.35. The zero-order valence-electron chi connectivity index (χ0n) is 24.3. The van der Waals surface area contributed by atoms with Crippen LogP contribution in [0.3, 0.4) is 0 Å². The molecule has 5 rings (SSSR count). The Labute approximate surface area is 248 Å². The summed E-state index contributed by atoms with van der Waals surface area (Å²) in [6.45, 7) is 5.13. The maximum Gasteiger partial charge on any atom is 0.449 e. The first kappa shape index (κ1) is 31.0. The predicted octanol–water partition coefficient (Wildman–Crippen LogP) is 6.03. The summed E-state index contributed by atoms with van der Waals surface area (Å²) in [5, 5.41) is 9.69. The van der Waals surface area contributed by atoms with Gasteiger partial charge in [0.25, 0.3) is 5.91 Å². The van der Waals surface area contributed by atoms with E-state index in [4.69, 9.17) is 13.9 Å². The number of alkyl halides is 3. The van der Waals surface area contributed by atoms with Gasteiger partial charge in [-0.1, -0.05) is 6.92 Å². The van der Waals surface area contributed by atoms with E-state index in [1.807, 2.05) is 0 Å². The normalized spacial score (nSPS) is 18.4. The largest absolute Gasteiger partial charge is 0.493 e. The summed E-state index contributed by atoms with van der Waals surface area (Å²) in [6.07, 6.45) is -3.88. The Bertz CT molecular complexity index is 1690. The molecule has 2 aromatic carbocycles. The number of rotatable bonds is 9. The monoisotopic (exact) mass is 620 g/mol. The van der Waals surface area contributed by atoms with Gasteiger partial charge in [-0.15, -0.1) is 0 Å². The molecule has 234 valence electrons. The third kappa shape index (κ3) is 5.60. The van der Waals surface area contributed by atoms with Gasteiger partial charge >= 0.3 is 6.18 Å². The van der Waals surface area contributed by atoms with Crippen molar-refractivity contribution in [2.45, 2.75) is 46.2 Å². The average molecular weight is 621 g/mol. The van der Waals surface area contributed by atoms with Crippen molar-refractivity contribution in [2.24, 2.45) is 21.5 Å². The van der Waals surface area contributed by atoms with E-state index in [0.717, 1.165) is 6.07 Å². The predicted molar refractivity (Wildman–Crippen MR) is 149 cm³/mol. The number of nitrogens with zero attached hydrogens (tertiary/aromatic N) is 3. The molecule has 2 aliphatic heterocycles. The molecule has 9 nitrogen and oxygen atoms in total. The zero-order valence-corrected chi connectivity index (χ0v) is 24.3. The molecule has 0 fully saturated rings. The fraction of sp³-hybridized carbons (Fsp3) is 0.400. The molecule has 3 heterocycles. The molecule has 2 aliphatic rings. The van der Waals surface area contributed by atoms with Gasteiger partial charge in [-0.05, 0) is 57.0 Å². The van der Waals surface area contributed by atoms with Gasteiger partial charge in [-0.25, -0.2) is 14.8 Å². The second-order valence-electron chi connectivity index (χ2n) is 11.1. The Balaban J connectivity index is 1.26. The van der Waals surface area contributed by atoms with E-state index < -0.39 is 34.9 Å². The highest BCUT2D eigenvalue weighted by Crippen LogP contribution is 2.41. The second kappa shape index (κ2) is 11.5. The number of benzene rings is 2. The molecule has 44 heavy (non-hydrogen) atoms. The highest BCUT2D eigenvalue weighted by Gasteiger charge is 2.45. The van der Waals surface area contributed by atoms with Crippen LogP contribution in [0.5, 0.6) is 11.5 Å². The van der Waals surface area contributed by atoms with Gasteiger partial charge in [-0.3, -0.25) is 9.59 Å². The van der Waals surface area contributed by atoms with Crippen molar-refractivity contribution >= 4 is 34.2 Å². The maximum atomic E-state index is 14.8. The fourth-order valence-electron chi connectivity index (χ4n) is 5.23. The van der Waals surface area contributed by atoms with Crippen molar-refractivity contribution in [3.63, 3.8) is 0 Å². The lowest BCUT2D eigenvalue weighted by atomic mass is 9.82. The van der Waals surface area contributed by atoms with Crippen molar-refractivity contribution < 1.29 is 45.4 Å². The number of unbranched alkanes of at least 4 members (excludes halogenated alkanes) is 1. The summed E-state index contributed by atoms with van der Waals surface area (Å²) in [4.78, 5) is 24.7. The number of furan rings is 1. The van der Waals surface area contributed by atoms with Crippen LogP contribution in [0.1, 0.15) is 56.9 Å². The number of amides is 2. The summed E-state index contributed by atoms with van der Waals surface area (Å²) in [7, 11) is 1.31.